The highest BCUT2D eigenvalue weighted by Gasteiger charge is 2.32. The molecule has 3 N–H and O–H groups in total. The van der Waals surface area contributed by atoms with Crippen LogP contribution in [0.15, 0.2) is 22.3 Å². The molecule has 1 unspecified atom stereocenters. The fraction of sp³-hybridized carbons (Fsp3) is 0.286. The Morgan fingerprint density at radius 1 is 1.54 bits per heavy atom. The molecule has 1 aromatic rings. The maximum atomic E-state index is 11.6. The Morgan fingerprint density at radius 3 is 2.92 bits per heavy atom. The number of ether oxygens (including phenoxy) is 1. The first-order valence-corrected chi connectivity index (χ1v) is 8.12. The summed E-state index contributed by atoms with van der Waals surface area (Å²) in [6.45, 7) is 0. The van der Waals surface area contributed by atoms with Crippen LogP contribution < -0.4 is 10.1 Å². The monoisotopic (exact) mass is 371 g/mol. The number of thioether (sulfide) groups is 1. The summed E-state index contributed by atoms with van der Waals surface area (Å²) in [7, 11) is 1.42. The van der Waals surface area contributed by atoms with Gasteiger partial charge in [0.25, 0.3) is 0 Å². The van der Waals surface area contributed by atoms with Crippen molar-refractivity contribution in [2.24, 2.45) is 10.2 Å². The van der Waals surface area contributed by atoms with Gasteiger partial charge >= 0.3 is 5.97 Å². The van der Waals surface area contributed by atoms with Crippen LogP contribution >= 0.6 is 23.4 Å². The normalized spacial score (nSPS) is 19.0. The second kappa shape index (κ2) is 8.02. The number of carboxylic acids is 1. The number of phenolic OH excluding ortho intramolecular Hbond substituents is 1. The number of phenols is 1. The van der Waals surface area contributed by atoms with Crippen LogP contribution in [-0.4, -0.2) is 45.8 Å². The minimum absolute atomic E-state index is 0.0360. The number of aromatic hydroxyl groups is 1. The van der Waals surface area contributed by atoms with E-state index in [0.717, 1.165) is 11.8 Å². The highest BCUT2D eigenvalue weighted by atomic mass is 35.5. The van der Waals surface area contributed by atoms with Crippen molar-refractivity contribution in [2.75, 3.05) is 7.11 Å². The maximum Gasteiger partial charge on any atom is 0.305 e. The number of methoxy groups -OCH3 is 1. The fourth-order valence-electron chi connectivity index (χ4n) is 1.91. The zero-order valence-corrected chi connectivity index (χ0v) is 14.1. The zero-order chi connectivity index (χ0) is 17.7. The number of hydrogen-bond donors (Lipinski definition) is 3. The van der Waals surface area contributed by atoms with E-state index >= 15 is 0 Å². The molecule has 128 valence electrons. The van der Waals surface area contributed by atoms with Gasteiger partial charge in [-0.15, -0.1) is 16.7 Å². The van der Waals surface area contributed by atoms with E-state index in [1.54, 1.807) is 12.1 Å². The van der Waals surface area contributed by atoms with Gasteiger partial charge in [-0.05, 0) is 17.7 Å². The number of carbonyl (C=O) groups is 2. The molecule has 1 heterocycles. The summed E-state index contributed by atoms with van der Waals surface area (Å²) in [6, 6.07) is 3.19. The number of nitrogens with zero attached hydrogens (tertiary/aromatic N) is 2. The minimum atomic E-state index is -1.06. The Morgan fingerprint density at radius 2 is 2.29 bits per heavy atom. The van der Waals surface area contributed by atoms with Gasteiger partial charge in [-0.2, -0.15) is 5.10 Å². The number of nitrogens with one attached hydrogen (secondary N) is 1. The van der Waals surface area contributed by atoms with Crippen LogP contribution in [0.5, 0.6) is 11.5 Å². The van der Waals surface area contributed by atoms with E-state index in [9.17, 15) is 14.7 Å². The van der Waals surface area contributed by atoms with Crippen molar-refractivity contribution in [3.63, 3.8) is 0 Å². The molecule has 0 aromatic heterocycles. The van der Waals surface area contributed by atoms with Crippen LogP contribution in [-0.2, 0) is 15.5 Å². The summed E-state index contributed by atoms with van der Waals surface area (Å²) in [5.74, 6) is -1.15. The molecule has 1 atom stereocenters. The number of carboxylic acid groups (broad SMARTS) is 1. The summed E-state index contributed by atoms with van der Waals surface area (Å²) < 4.78 is 5.05. The van der Waals surface area contributed by atoms with Crippen LogP contribution in [0.3, 0.4) is 0 Å². The molecule has 0 saturated carbocycles. The molecule has 1 fully saturated rings. The van der Waals surface area contributed by atoms with Gasteiger partial charge in [-0.1, -0.05) is 11.8 Å². The molecule has 1 saturated heterocycles. The van der Waals surface area contributed by atoms with Crippen molar-refractivity contribution in [2.45, 2.75) is 17.6 Å². The highest BCUT2D eigenvalue weighted by molar-refractivity contribution is 8.15. The van der Waals surface area contributed by atoms with E-state index in [2.05, 4.69) is 15.5 Å². The number of alkyl halides is 1. The lowest BCUT2D eigenvalue weighted by molar-refractivity contribution is -0.138. The third-order valence-corrected chi connectivity index (χ3v) is 4.39. The predicted octanol–water partition coefficient (Wildman–Crippen LogP) is 1.54. The summed E-state index contributed by atoms with van der Waals surface area (Å²) in [4.78, 5) is 22.2. The van der Waals surface area contributed by atoms with Crippen molar-refractivity contribution in [1.82, 2.24) is 5.32 Å². The van der Waals surface area contributed by atoms with Gasteiger partial charge in [0.05, 0.1) is 25.6 Å². The van der Waals surface area contributed by atoms with Gasteiger partial charge in [-0.3, -0.25) is 9.59 Å². The molecule has 10 heteroatoms. The van der Waals surface area contributed by atoms with Crippen LogP contribution in [0.2, 0.25) is 0 Å². The Balaban J connectivity index is 2.12. The van der Waals surface area contributed by atoms with E-state index in [1.807, 2.05) is 0 Å². The standard InChI is InChI=1S/C14H14ClN3O5S/c1-23-9-3-7(2-8(5-15)12(9)21)6-16-18-14-17-13(22)10(24-14)4-11(19)20/h2-3,6,10,21H,4-5H2,1H3,(H,19,20)(H,17,18,22). The van der Waals surface area contributed by atoms with Crippen LogP contribution in [0, 0.1) is 0 Å². The lowest BCUT2D eigenvalue weighted by Crippen LogP contribution is -2.26. The molecule has 1 aliphatic rings. The van der Waals surface area contributed by atoms with Crippen LogP contribution in [0.25, 0.3) is 0 Å². The Kier molecular flexibility index (Phi) is 6.04. The van der Waals surface area contributed by atoms with Gasteiger partial charge in [0.1, 0.15) is 5.25 Å². The maximum absolute atomic E-state index is 11.6. The molecular formula is C14H14ClN3O5S. The molecule has 24 heavy (non-hydrogen) atoms. The Labute approximate surface area is 146 Å². The number of halogens is 1. The highest BCUT2D eigenvalue weighted by Crippen LogP contribution is 2.32. The van der Waals surface area contributed by atoms with E-state index in [0.29, 0.717) is 11.1 Å². The lowest BCUT2D eigenvalue weighted by Gasteiger charge is -2.08. The van der Waals surface area contributed by atoms with Gasteiger partial charge in [0, 0.05) is 5.56 Å². The minimum Gasteiger partial charge on any atom is -0.504 e. The van der Waals surface area contributed by atoms with E-state index in [4.69, 9.17) is 21.4 Å². The Hall–Kier alpha value is -2.26. The van der Waals surface area contributed by atoms with Crippen LogP contribution in [0.1, 0.15) is 17.5 Å². The number of carbonyl (C=O) groups excluding carboxylic acids is 1. The number of rotatable bonds is 6. The number of benzene rings is 1. The molecule has 2 rings (SSSR count). The van der Waals surface area contributed by atoms with Crippen molar-refractivity contribution in [3.05, 3.63) is 23.3 Å². The largest absolute Gasteiger partial charge is 0.504 e. The van der Waals surface area contributed by atoms with Gasteiger partial charge < -0.3 is 20.3 Å². The second-order valence-corrected chi connectivity index (χ2v) is 6.17. The van der Waals surface area contributed by atoms with Gasteiger partial charge in [-0.25, -0.2) is 0 Å². The number of amidine groups is 1. The first kappa shape index (κ1) is 18.1. The zero-order valence-electron chi connectivity index (χ0n) is 12.5. The predicted molar refractivity (Wildman–Crippen MR) is 91.0 cm³/mol. The molecule has 0 spiro atoms. The first-order valence-electron chi connectivity index (χ1n) is 6.70. The average Bonchev–Trinajstić information content (AvgIpc) is 2.87. The fourth-order valence-corrected chi connectivity index (χ4v) is 3.03. The number of aliphatic carboxylic acids is 1. The van der Waals surface area contributed by atoms with Gasteiger partial charge in [0.15, 0.2) is 16.7 Å². The molecule has 1 aliphatic heterocycles. The van der Waals surface area contributed by atoms with Gasteiger partial charge in [0.2, 0.25) is 5.91 Å². The third kappa shape index (κ3) is 4.39. The molecular weight excluding hydrogens is 358 g/mol. The third-order valence-electron chi connectivity index (χ3n) is 3.03. The molecule has 0 radical (unpaired) electrons. The molecule has 1 amide bonds. The Bertz CT molecular complexity index is 697. The summed E-state index contributed by atoms with van der Waals surface area (Å²) in [5, 5.41) is 28.3. The smallest absolute Gasteiger partial charge is 0.305 e. The molecule has 0 aliphatic carbocycles. The van der Waals surface area contributed by atoms with Crippen molar-refractivity contribution in [1.29, 1.82) is 0 Å². The lowest BCUT2D eigenvalue weighted by atomic mass is 10.1. The van der Waals surface area contributed by atoms with E-state index in [-0.39, 0.29) is 29.0 Å². The second-order valence-electron chi connectivity index (χ2n) is 4.71. The summed E-state index contributed by atoms with van der Waals surface area (Å²) >= 11 is 6.77. The number of hydrogen-bond acceptors (Lipinski definition) is 7. The van der Waals surface area contributed by atoms with Crippen molar-refractivity contribution < 1.29 is 24.5 Å². The number of amides is 1. The first-order chi connectivity index (χ1) is 11.4. The van der Waals surface area contributed by atoms with Crippen molar-refractivity contribution in [3.8, 4) is 11.5 Å². The molecule has 8 nitrogen and oxygen atoms in total. The quantitative estimate of drug-likeness (QED) is 0.396. The summed E-state index contributed by atoms with van der Waals surface area (Å²) in [6.07, 6.45) is 1.12. The van der Waals surface area contributed by atoms with Crippen molar-refractivity contribution >= 4 is 46.6 Å². The average molecular weight is 372 g/mol. The van der Waals surface area contributed by atoms with E-state index < -0.39 is 17.1 Å². The van der Waals surface area contributed by atoms with E-state index in [1.165, 1.54) is 13.3 Å². The summed E-state index contributed by atoms with van der Waals surface area (Å²) in [5.41, 5.74) is 1.08. The van der Waals surface area contributed by atoms with Crippen LogP contribution in [0.4, 0.5) is 0 Å². The topological polar surface area (TPSA) is 121 Å². The molecule has 0 bridgehead atoms. The SMILES string of the molecule is COc1cc(C=NN=C2NC(=O)C(CC(=O)O)S2)cc(CCl)c1O. The molecule has 1 aromatic carbocycles.